The maximum absolute atomic E-state index is 12.8. The molecule has 1 aromatic carbocycles. The normalized spacial score (nSPS) is 19.2. The topological polar surface area (TPSA) is 75.7 Å². The van der Waals surface area contributed by atoms with Gasteiger partial charge < -0.3 is 15.0 Å². The van der Waals surface area contributed by atoms with Gasteiger partial charge in [-0.3, -0.25) is 9.59 Å². The summed E-state index contributed by atoms with van der Waals surface area (Å²) in [7, 11) is 0. The minimum Gasteiger partial charge on any atom is -0.450 e. The number of likely N-dealkylation sites (tertiary alicyclic amines) is 1. The van der Waals surface area contributed by atoms with Crippen LogP contribution in [0.5, 0.6) is 0 Å². The van der Waals surface area contributed by atoms with E-state index in [0.29, 0.717) is 47.8 Å². The molecule has 3 rings (SSSR count). The summed E-state index contributed by atoms with van der Waals surface area (Å²) in [4.78, 5) is 38.2. The SMILES string of the molecule is CC(=O)N1CCC2(CC1)OC(=O)C(C)=C2C(=O)Nc1cccc(Cl)c1. The Morgan fingerprint density at radius 1 is 1.28 bits per heavy atom. The average molecular weight is 363 g/mol. The molecular weight excluding hydrogens is 344 g/mol. The van der Waals surface area contributed by atoms with Gasteiger partial charge in [0.2, 0.25) is 5.91 Å². The summed E-state index contributed by atoms with van der Waals surface area (Å²) in [5.41, 5.74) is 0.250. The van der Waals surface area contributed by atoms with Crippen molar-refractivity contribution in [1.29, 1.82) is 0 Å². The molecule has 2 aliphatic rings. The number of anilines is 1. The molecule has 0 aromatic heterocycles. The third-order valence-corrected chi connectivity index (χ3v) is 4.99. The minimum absolute atomic E-state index is 0.0233. The number of rotatable bonds is 2. The van der Waals surface area contributed by atoms with E-state index in [1.807, 2.05) is 0 Å². The molecule has 1 fully saturated rings. The van der Waals surface area contributed by atoms with Gasteiger partial charge in [0.1, 0.15) is 5.60 Å². The van der Waals surface area contributed by atoms with Crippen molar-refractivity contribution in [1.82, 2.24) is 4.90 Å². The van der Waals surface area contributed by atoms with Crippen molar-refractivity contribution in [2.45, 2.75) is 32.3 Å². The van der Waals surface area contributed by atoms with Crippen LogP contribution in [0, 0.1) is 0 Å². The summed E-state index contributed by atoms with van der Waals surface area (Å²) in [5, 5.41) is 3.29. The number of benzene rings is 1. The Morgan fingerprint density at radius 3 is 2.56 bits per heavy atom. The molecule has 25 heavy (non-hydrogen) atoms. The summed E-state index contributed by atoms with van der Waals surface area (Å²) in [6, 6.07) is 6.81. The minimum atomic E-state index is -0.963. The lowest BCUT2D eigenvalue weighted by atomic mass is 9.82. The van der Waals surface area contributed by atoms with Gasteiger partial charge in [-0.1, -0.05) is 17.7 Å². The van der Waals surface area contributed by atoms with Gasteiger partial charge in [0.05, 0.1) is 5.57 Å². The van der Waals surface area contributed by atoms with Crippen molar-refractivity contribution >= 4 is 35.1 Å². The first-order chi connectivity index (χ1) is 11.8. The fourth-order valence-electron chi connectivity index (χ4n) is 3.42. The van der Waals surface area contributed by atoms with E-state index in [9.17, 15) is 14.4 Å². The molecule has 0 aliphatic carbocycles. The maximum atomic E-state index is 12.8. The van der Waals surface area contributed by atoms with Gasteiger partial charge in [-0.05, 0) is 25.1 Å². The van der Waals surface area contributed by atoms with Crippen molar-refractivity contribution in [2.24, 2.45) is 0 Å². The fourth-order valence-corrected chi connectivity index (χ4v) is 3.61. The van der Waals surface area contributed by atoms with Gasteiger partial charge in [-0.2, -0.15) is 0 Å². The van der Waals surface area contributed by atoms with Crippen molar-refractivity contribution in [2.75, 3.05) is 18.4 Å². The van der Waals surface area contributed by atoms with Gasteiger partial charge in [-0.15, -0.1) is 0 Å². The Bertz CT molecular complexity index is 779. The number of ether oxygens (including phenoxy) is 1. The highest BCUT2D eigenvalue weighted by Gasteiger charge is 2.51. The Labute approximate surface area is 150 Å². The van der Waals surface area contributed by atoms with E-state index >= 15 is 0 Å². The predicted molar refractivity (Wildman–Crippen MR) is 93.1 cm³/mol. The molecule has 2 amide bonds. The Balaban J connectivity index is 1.85. The van der Waals surface area contributed by atoms with Crippen LogP contribution in [0.2, 0.25) is 5.02 Å². The van der Waals surface area contributed by atoms with Crippen LogP contribution in [0.1, 0.15) is 26.7 Å². The lowest BCUT2D eigenvalue weighted by molar-refractivity contribution is -0.152. The molecule has 7 heteroatoms. The highest BCUT2D eigenvalue weighted by atomic mass is 35.5. The third-order valence-electron chi connectivity index (χ3n) is 4.75. The Hall–Kier alpha value is -2.34. The molecular formula is C18H19ClN2O4. The van der Waals surface area contributed by atoms with E-state index in [-0.39, 0.29) is 11.8 Å². The largest absolute Gasteiger partial charge is 0.450 e. The van der Waals surface area contributed by atoms with E-state index in [2.05, 4.69) is 5.32 Å². The van der Waals surface area contributed by atoms with Crippen LogP contribution in [0.25, 0.3) is 0 Å². The summed E-state index contributed by atoms with van der Waals surface area (Å²) in [5.74, 6) is -0.876. The van der Waals surface area contributed by atoms with E-state index in [1.165, 1.54) is 6.92 Å². The molecule has 1 saturated heterocycles. The van der Waals surface area contributed by atoms with Crippen LogP contribution < -0.4 is 5.32 Å². The molecule has 0 atom stereocenters. The van der Waals surface area contributed by atoms with Crippen molar-refractivity contribution in [3.8, 4) is 0 Å². The zero-order valence-corrected chi connectivity index (χ0v) is 14.9. The number of piperidine rings is 1. The van der Waals surface area contributed by atoms with Crippen LogP contribution in [0.4, 0.5) is 5.69 Å². The highest BCUT2D eigenvalue weighted by Crippen LogP contribution is 2.41. The number of nitrogens with zero attached hydrogens (tertiary/aromatic N) is 1. The average Bonchev–Trinajstić information content (AvgIpc) is 2.78. The Kier molecular flexibility index (Phi) is 4.56. The number of nitrogens with one attached hydrogen (secondary N) is 1. The van der Waals surface area contributed by atoms with Gasteiger partial charge in [-0.25, -0.2) is 4.79 Å². The van der Waals surface area contributed by atoms with Gasteiger partial charge >= 0.3 is 5.97 Å². The zero-order chi connectivity index (χ0) is 18.2. The number of amides is 2. The quantitative estimate of drug-likeness (QED) is 0.820. The number of hydrogen-bond donors (Lipinski definition) is 1. The molecule has 1 aromatic rings. The van der Waals surface area contributed by atoms with Gasteiger partial charge in [0.15, 0.2) is 0 Å². The number of carbonyl (C=O) groups excluding carboxylic acids is 3. The number of carbonyl (C=O) groups is 3. The standard InChI is InChI=1S/C18H19ClN2O4/c1-11-15(16(23)20-14-5-3-4-13(19)10-14)18(25-17(11)24)6-8-21(9-7-18)12(2)22/h3-5,10H,6-9H2,1-2H3,(H,20,23). The highest BCUT2D eigenvalue weighted by molar-refractivity contribution is 6.31. The molecule has 0 radical (unpaired) electrons. The van der Waals surface area contributed by atoms with Crippen molar-refractivity contribution in [3.63, 3.8) is 0 Å². The van der Waals surface area contributed by atoms with Crippen LogP contribution in [0.3, 0.4) is 0 Å². The zero-order valence-electron chi connectivity index (χ0n) is 14.1. The van der Waals surface area contributed by atoms with Crippen LogP contribution in [0.15, 0.2) is 35.4 Å². The molecule has 0 saturated carbocycles. The molecule has 1 N–H and O–H groups in total. The van der Waals surface area contributed by atoms with Gasteiger partial charge in [0, 0.05) is 49.1 Å². The molecule has 1 spiro atoms. The summed E-state index contributed by atoms with van der Waals surface area (Å²) >= 11 is 5.95. The molecule has 132 valence electrons. The fraction of sp³-hybridized carbons (Fsp3) is 0.389. The van der Waals surface area contributed by atoms with Gasteiger partial charge in [0.25, 0.3) is 5.91 Å². The summed E-state index contributed by atoms with van der Waals surface area (Å²) in [6.07, 6.45) is 0.821. The lowest BCUT2D eigenvalue weighted by Gasteiger charge is -2.39. The molecule has 0 unspecified atom stereocenters. The van der Waals surface area contributed by atoms with Crippen LogP contribution in [-0.4, -0.2) is 41.4 Å². The second kappa shape index (κ2) is 6.52. The predicted octanol–water partition coefficient (Wildman–Crippen LogP) is 2.53. The van der Waals surface area contributed by atoms with Crippen molar-refractivity contribution < 1.29 is 19.1 Å². The van der Waals surface area contributed by atoms with E-state index in [4.69, 9.17) is 16.3 Å². The van der Waals surface area contributed by atoms with E-state index in [1.54, 1.807) is 36.1 Å². The third kappa shape index (κ3) is 3.26. The monoisotopic (exact) mass is 362 g/mol. The second-order valence-electron chi connectivity index (χ2n) is 6.35. The summed E-state index contributed by atoms with van der Waals surface area (Å²) < 4.78 is 5.59. The Morgan fingerprint density at radius 2 is 1.96 bits per heavy atom. The molecule has 2 heterocycles. The molecule has 6 nitrogen and oxygen atoms in total. The molecule has 0 bridgehead atoms. The number of hydrogen-bond acceptors (Lipinski definition) is 4. The smallest absolute Gasteiger partial charge is 0.335 e. The van der Waals surface area contributed by atoms with E-state index in [0.717, 1.165) is 0 Å². The van der Waals surface area contributed by atoms with Crippen LogP contribution >= 0.6 is 11.6 Å². The first kappa shape index (κ1) is 17.5. The number of halogens is 1. The maximum Gasteiger partial charge on any atom is 0.335 e. The lowest BCUT2D eigenvalue weighted by Crippen LogP contribution is -2.49. The second-order valence-corrected chi connectivity index (χ2v) is 6.79. The van der Waals surface area contributed by atoms with E-state index < -0.39 is 11.6 Å². The first-order valence-corrected chi connectivity index (χ1v) is 8.47. The van der Waals surface area contributed by atoms with Crippen LogP contribution in [-0.2, 0) is 19.1 Å². The molecule has 2 aliphatic heterocycles. The van der Waals surface area contributed by atoms with Crippen molar-refractivity contribution in [3.05, 3.63) is 40.4 Å². The first-order valence-electron chi connectivity index (χ1n) is 8.09. The summed E-state index contributed by atoms with van der Waals surface area (Å²) in [6.45, 7) is 4.00. The number of esters is 1.